The predicted molar refractivity (Wildman–Crippen MR) is 81.7 cm³/mol. The van der Waals surface area contributed by atoms with Crippen LogP contribution in [0.3, 0.4) is 0 Å². The molecule has 0 spiro atoms. The summed E-state index contributed by atoms with van der Waals surface area (Å²) in [6, 6.07) is 0. The molecule has 0 saturated carbocycles. The van der Waals surface area contributed by atoms with Crippen molar-refractivity contribution in [2.75, 3.05) is 31.6 Å². The van der Waals surface area contributed by atoms with Crippen LogP contribution in [0.4, 0.5) is 5.13 Å². The van der Waals surface area contributed by atoms with Crippen LogP contribution in [0.5, 0.6) is 0 Å². The van der Waals surface area contributed by atoms with E-state index < -0.39 is 0 Å². The Hall–Kier alpha value is -1.84. The summed E-state index contributed by atoms with van der Waals surface area (Å²) in [5.74, 6) is -0.0456. The van der Waals surface area contributed by atoms with Gasteiger partial charge in [0.25, 0.3) is 0 Å². The van der Waals surface area contributed by atoms with Gasteiger partial charge in [-0.05, 0) is 6.92 Å². The second kappa shape index (κ2) is 6.95. The summed E-state index contributed by atoms with van der Waals surface area (Å²) in [7, 11) is 0. The summed E-state index contributed by atoms with van der Waals surface area (Å²) in [6.45, 7) is 4.95. The van der Waals surface area contributed by atoms with Gasteiger partial charge in [0, 0.05) is 18.5 Å². The topological polar surface area (TPSA) is 85.2 Å². The Balaban J connectivity index is 1.48. The summed E-state index contributed by atoms with van der Waals surface area (Å²) < 4.78 is 7.46. The van der Waals surface area contributed by atoms with Gasteiger partial charge in [-0.15, -0.1) is 11.3 Å². The van der Waals surface area contributed by atoms with Gasteiger partial charge in [-0.25, -0.2) is 9.97 Å². The molecule has 2 aromatic heterocycles. The van der Waals surface area contributed by atoms with Crippen molar-refractivity contribution in [2.45, 2.75) is 19.6 Å². The van der Waals surface area contributed by atoms with Crippen LogP contribution in [0.2, 0.25) is 0 Å². The third kappa shape index (κ3) is 4.09. The lowest BCUT2D eigenvalue weighted by Crippen LogP contribution is -2.47. The van der Waals surface area contributed by atoms with E-state index in [1.54, 1.807) is 11.0 Å². The molecular formula is C13H18N6O2S. The minimum Gasteiger partial charge on any atom is -0.374 e. The molecule has 1 aliphatic heterocycles. The highest BCUT2D eigenvalue weighted by Crippen LogP contribution is 2.14. The van der Waals surface area contributed by atoms with Gasteiger partial charge in [-0.2, -0.15) is 5.10 Å². The molecule has 0 bridgehead atoms. The van der Waals surface area contributed by atoms with Crippen molar-refractivity contribution in [2.24, 2.45) is 0 Å². The number of nitrogens with one attached hydrogen (secondary N) is 1. The fourth-order valence-electron chi connectivity index (χ4n) is 2.34. The first-order chi connectivity index (χ1) is 10.7. The van der Waals surface area contributed by atoms with Gasteiger partial charge in [0.1, 0.15) is 12.7 Å². The molecule has 22 heavy (non-hydrogen) atoms. The molecule has 1 N–H and O–H groups in total. The predicted octanol–water partition coefficient (Wildman–Crippen LogP) is 0.383. The van der Waals surface area contributed by atoms with E-state index in [0.717, 1.165) is 12.2 Å². The molecule has 8 nitrogen and oxygen atoms in total. The number of thiazole rings is 1. The number of anilines is 1. The van der Waals surface area contributed by atoms with E-state index >= 15 is 0 Å². The quantitative estimate of drug-likeness (QED) is 0.857. The normalized spacial score (nSPS) is 19.2. The van der Waals surface area contributed by atoms with Crippen molar-refractivity contribution in [3.63, 3.8) is 0 Å². The van der Waals surface area contributed by atoms with Crippen LogP contribution in [-0.2, 0) is 16.1 Å². The van der Waals surface area contributed by atoms with Crippen LogP contribution in [0, 0.1) is 6.92 Å². The van der Waals surface area contributed by atoms with Gasteiger partial charge in [-0.1, -0.05) is 0 Å². The van der Waals surface area contributed by atoms with E-state index in [0.29, 0.717) is 31.4 Å². The molecule has 118 valence electrons. The molecule has 1 fully saturated rings. The zero-order valence-corrected chi connectivity index (χ0v) is 13.1. The van der Waals surface area contributed by atoms with Crippen molar-refractivity contribution in [1.29, 1.82) is 0 Å². The number of rotatable bonds is 5. The van der Waals surface area contributed by atoms with Crippen molar-refractivity contribution < 1.29 is 9.53 Å². The lowest BCUT2D eigenvalue weighted by atomic mass is 10.2. The van der Waals surface area contributed by atoms with Crippen LogP contribution in [0.1, 0.15) is 5.69 Å². The monoisotopic (exact) mass is 322 g/mol. The summed E-state index contributed by atoms with van der Waals surface area (Å²) >= 11 is 1.44. The molecule has 0 aliphatic carbocycles. The first kappa shape index (κ1) is 15.1. The lowest BCUT2D eigenvalue weighted by Gasteiger charge is -2.32. The molecule has 3 heterocycles. The Labute approximate surface area is 132 Å². The summed E-state index contributed by atoms with van der Waals surface area (Å²) in [4.78, 5) is 22.3. The largest absolute Gasteiger partial charge is 0.374 e. The highest BCUT2D eigenvalue weighted by atomic mass is 32.1. The maximum absolute atomic E-state index is 12.1. The van der Waals surface area contributed by atoms with Gasteiger partial charge in [0.05, 0.1) is 31.5 Å². The van der Waals surface area contributed by atoms with E-state index in [1.165, 1.54) is 17.7 Å². The number of amides is 1. The number of hydrogen-bond donors (Lipinski definition) is 1. The van der Waals surface area contributed by atoms with Crippen molar-refractivity contribution in [1.82, 2.24) is 24.6 Å². The second-order valence-corrected chi connectivity index (χ2v) is 6.05. The number of carbonyl (C=O) groups excluding carboxylic acids is 1. The molecule has 9 heteroatoms. The average Bonchev–Trinajstić information content (AvgIpc) is 3.11. The molecule has 3 rings (SSSR count). The van der Waals surface area contributed by atoms with E-state index in [1.807, 2.05) is 12.3 Å². The zero-order valence-electron chi connectivity index (χ0n) is 12.3. The number of aromatic nitrogens is 4. The van der Waals surface area contributed by atoms with E-state index in [-0.39, 0.29) is 12.0 Å². The molecule has 0 aromatic carbocycles. The van der Waals surface area contributed by atoms with Gasteiger partial charge in [0.2, 0.25) is 5.91 Å². The number of aryl methyl sites for hydroxylation is 1. The fraction of sp³-hybridized carbons (Fsp3) is 0.538. The highest BCUT2D eigenvalue weighted by Gasteiger charge is 2.23. The van der Waals surface area contributed by atoms with Crippen LogP contribution in [-0.4, -0.2) is 62.9 Å². The Kier molecular flexibility index (Phi) is 4.76. The van der Waals surface area contributed by atoms with Crippen molar-refractivity contribution in [3.05, 3.63) is 23.7 Å². The van der Waals surface area contributed by atoms with Gasteiger partial charge >= 0.3 is 0 Å². The Bertz CT molecular complexity index is 614. The number of hydrogen-bond acceptors (Lipinski definition) is 7. The first-order valence-corrected chi connectivity index (χ1v) is 7.95. The minimum atomic E-state index is -0.0456. The van der Waals surface area contributed by atoms with E-state index in [2.05, 4.69) is 25.3 Å². The summed E-state index contributed by atoms with van der Waals surface area (Å²) in [5, 5.41) is 9.47. The number of morpholine rings is 1. The second-order valence-electron chi connectivity index (χ2n) is 5.19. The lowest BCUT2D eigenvalue weighted by molar-refractivity contribution is -0.119. The standard InChI is InChI=1S/C13H18N6O2S/c1-10-7-22-13(16-10)17-12(20)6-18-2-3-21-11(4-18)5-19-9-14-8-15-19/h7-9,11H,2-6H2,1H3,(H,16,17,20)/t11-/m0/s1. The molecule has 1 saturated heterocycles. The smallest absolute Gasteiger partial charge is 0.240 e. The fourth-order valence-corrected chi connectivity index (χ4v) is 3.05. The number of ether oxygens (including phenoxy) is 1. The van der Waals surface area contributed by atoms with Crippen LogP contribution in [0.25, 0.3) is 0 Å². The highest BCUT2D eigenvalue weighted by molar-refractivity contribution is 7.13. The zero-order chi connectivity index (χ0) is 15.4. The first-order valence-electron chi connectivity index (χ1n) is 7.07. The van der Waals surface area contributed by atoms with Gasteiger partial charge in [0.15, 0.2) is 5.13 Å². The SMILES string of the molecule is Cc1csc(NC(=O)CN2CCO[C@H](Cn3cncn3)C2)n1. The summed E-state index contributed by atoms with van der Waals surface area (Å²) in [6.07, 6.45) is 3.19. The summed E-state index contributed by atoms with van der Waals surface area (Å²) in [5.41, 5.74) is 0.916. The van der Waals surface area contributed by atoms with Crippen LogP contribution in [0.15, 0.2) is 18.0 Å². The van der Waals surface area contributed by atoms with E-state index in [4.69, 9.17) is 4.74 Å². The Morgan fingerprint density at radius 1 is 1.59 bits per heavy atom. The third-order valence-electron chi connectivity index (χ3n) is 3.31. The minimum absolute atomic E-state index is 0.0188. The molecule has 0 radical (unpaired) electrons. The molecule has 1 atom stereocenters. The third-order valence-corrected chi connectivity index (χ3v) is 4.19. The van der Waals surface area contributed by atoms with E-state index in [9.17, 15) is 4.79 Å². The van der Waals surface area contributed by atoms with Crippen molar-refractivity contribution in [3.8, 4) is 0 Å². The van der Waals surface area contributed by atoms with Gasteiger partial charge in [-0.3, -0.25) is 14.4 Å². The van der Waals surface area contributed by atoms with Gasteiger partial charge < -0.3 is 10.1 Å². The Morgan fingerprint density at radius 2 is 2.50 bits per heavy atom. The number of nitrogens with zero attached hydrogens (tertiary/aromatic N) is 5. The average molecular weight is 322 g/mol. The van der Waals surface area contributed by atoms with Crippen molar-refractivity contribution >= 4 is 22.4 Å². The van der Waals surface area contributed by atoms with Crippen LogP contribution >= 0.6 is 11.3 Å². The Morgan fingerprint density at radius 3 is 3.23 bits per heavy atom. The molecular weight excluding hydrogens is 304 g/mol. The molecule has 0 unspecified atom stereocenters. The maximum atomic E-state index is 12.1. The molecule has 1 aliphatic rings. The molecule has 1 amide bonds. The maximum Gasteiger partial charge on any atom is 0.240 e. The van der Waals surface area contributed by atoms with Crippen LogP contribution < -0.4 is 5.32 Å². The molecule has 2 aromatic rings. The number of carbonyl (C=O) groups is 1.